The Bertz CT molecular complexity index is 1260. The smallest absolute Gasteiger partial charge is 0.272 e. The van der Waals surface area contributed by atoms with Crippen molar-refractivity contribution >= 4 is 50.8 Å². The fourth-order valence-electron chi connectivity index (χ4n) is 2.64. The van der Waals surface area contributed by atoms with Crippen LogP contribution in [0.2, 0.25) is 0 Å². The highest BCUT2D eigenvalue weighted by Crippen LogP contribution is 2.24. The number of nitrogens with zero attached hydrogens (tertiary/aromatic N) is 2. The van der Waals surface area contributed by atoms with E-state index in [9.17, 15) is 27.6 Å². The first-order valence-corrected chi connectivity index (χ1v) is 11.0. The van der Waals surface area contributed by atoms with Gasteiger partial charge in [-0.3, -0.25) is 19.0 Å². The van der Waals surface area contributed by atoms with E-state index in [0.29, 0.717) is 21.4 Å². The summed E-state index contributed by atoms with van der Waals surface area (Å²) >= 11 is 2.29. The molecule has 1 aromatic carbocycles. The lowest BCUT2D eigenvalue weighted by atomic mass is 10.2. The number of carbonyl (C=O) groups excluding carboxylic acids is 2. The molecule has 0 aliphatic heterocycles. The number of rotatable bonds is 8. The molecule has 168 valence electrons. The van der Waals surface area contributed by atoms with Gasteiger partial charge in [0, 0.05) is 6.54 Å². The molecular formula is C20H17F3N4O3S2. The maximum Gasteiger partial charge on any atom is 0.272 e. The lowest BCUT2D eigenvalue weighted by molar-refractivity contribution is -0.123. The molecule has 2 heterocycles. The summed E-state index contributed by atoms with van der Waals surface area (Å²) in [5.74, 6) is -6.01. The molecule has 3 rings (SSSR count). The zero-order valence-corrected chi connectivity index (χ0v) is 18.3. The van der Waals surface area contributed by atoms with Gasteiger partial charge in [0.1, 0.15) is 4.70 Å². The number of nitrogens with one attached hydrogen (secondary N) is 2. The molecule has 0 aliphatic carbocycles. The second kappa shape index (κ2) is 10.0. The summed E-state index contributed by atoms with van der Waals surface area (Å²) in [6.07, 6.45) is 1.54. The van der Waals surface area contributed by atoms with Crippen molar-refractivity contribution in [2.24, 2.45) is 0 Å². The van der Waals surface area contributed by atoms with Gasteiger partial charge in [-0.15, -0.1) is 17.9 Å². The summed E-state index contributed by atoms with van der Waals surface area (Å²) in [4.78, 5) is 41.5. The first-order chi connectivity index (χ1) is 15.2. The standard InChI is InChI=1S/C20H17F3N4O3S2/c1-3-7-27-19(30)17-13(6-8-31-17)26-20(27)32-10(2)18(29)24-9-14(28)25-12-5-4-11(21)15(22)16(12)23/h3-6,8,10H,1,7,9H2,2H3,(H,24,29)(H,25,28). The van der Waals surface area contributed by atoms with E-state index in [1.165, 1.54) is 15.9 Å². The first kappa shape index (κ1) is 23.5. The summed E-state index contributed by atoms with van der Waals surface area (Å²) in [5, 5.41) is 5.76. The number of thiophene rings is 1. The van der Waals surface area contributed by atoms with E-state index in [-0.39, 0.29) is 12.1 Å². The molecule has 0 radical (unpaired) electrons. The summed E-state index contributed by atoms with van der Waals surface area (Å²) in [5.41, 5.74) is -0.274. The van der Waals surface area contributed by atoms with Crippen LogP contribution in [0.4, 0.5) is 18.9 Å². The summed E-state index contributed by atoms with van der Waals surface area (Å²) in [6.45, 7) is 4.87. The van der Waals surface area contributed by atoms with E-state index in [4.69, 9.17) is 0 Å². The fourth-order valence-corrected chi connectivity index (χ4v) is 4.36. The molecule has 2 amide bonds. The summed E-state index contributed by atoms with van der Waals surface area (Å²) in [7, 11) is 0. The number of fused-ring (bicyclic) bond motifs is 1. The third-order valence-corrected chi connectivity index (χ3v) is 6.21. The third kappa shape index (κ3) is 5.02. The molecule has 2 N–H and O–H groups in total. The van der Waals surface area contributed by atoms with Crippen molar-refractivity contribution in [1.82, 2.24) is 14.9 Å². The summed E-state index contributed by atoms with van der Waals surface area (Å²) < 4.78 is 41.8. The van der Waals surface area contributed by atoms with E-state index in [1.54, 1.807) is 24.4 Å². The molecule has 2 aromatic heterocycles. The lowest BCUT2D eigenvalue weighted by Crippen LogP contribution is -2.37. The molecule has 0 saturated carbocycles. The van der Waals surface area contributed by atoms with E-state index in [1.807, 2.05) is 0 Å². The van der Waals surface area contributed by atoms with Crippen molar-refractivity contribution in [3.63, 3.8) is 0 Å². The molecule has 3 aromatic rings. The van der Waals surface area contributed by atoms with Gasteiger partial charge in [-0.25, -0.2) is 18.2 Å². The van der Waals surface area contributed by atoms with E-state index in [0.717, 1.165) is 17.8 Å². The Balaban J connectivity index is 1.65. The van der Waals surface area contributed by atoms with Crippen LogP contribution in [-0.2, 0) is 16.1 Å². The predicted molar refractivity (Wildman–Crippen MR) is 117 cm³/mol. The zero-order valence-electron chi connectivity index (χ0n) is 16.7. The van der Waals surface area contributed by atoms with Crippen molar-refractivity contribution in [2.75, 3.05) is 11.9 Å². The van der Waals surface area contributed by atoms with Crippen LogP contribution < -0.4 is 16.2 Å². The average Bonchev–Trinajstić information content (AvgIpc) is 3.24. The highest BCUT2D eigenvalue weighted by Gasteiger charge is 2.21. The van der Waals surface area contributed by atoms with Crippen LogP contribution in [0, 0.1) is 17.5 Å². The SMILES string of the molecule is C=CCn1c(SC(C)C(=O)NCC(=O)Nc2ccc(F)c(F)c2F)nc2ccsc2c1=O. The van der Waals surface area contributed by atoms with Gasteiger partial charge >= 0.3 is 0 Å². The molecule has 12 heteroatoms. The van der Waals surface area contributed by atoms with Gasteiger partial charge in [0.25, 0.3) is 5.56 Å². The Hall–Kier alpha value is -3.12. The van der Waals surface area contributed by atoms with Crippen molar-refractivity contribution in [3.05, 3.63) is 64.0 Å². The predicted octanol–water partition coefficient (Wildman–Crippen LogP) is 3.30. The topological polar surface area (TPSA) is 93.1 Å². The first-order valence-electron chi connectivity index (χ1n) is 9.19. The highest BCUT2D eigenvalue weighted by atomic mass is 32.2. The van der Waals surface area contributed by atoms with Crippen LogP contribution in [0.15, 0.2) is 46.2 Å². The zero-order chi connectivity index (χ0) is 23.4. The molecule has 0 bridgehead atoms. The maximum absolute atomic E-state index is 13.7. The number of anilines is 1. The quantitative estimate of drug-likeness (QED) is 0.222. The minimum absolute atomic E-state index is 0.207. The summed E-state index contributed by atoms with van der Waals surface area (Å²) in [6, 6.07) is 3.25. The molecule has 32 heavy (non-hydrogen) atoms. The average molecular weight is 483 g/mol. The molecule has 1 unspecified atom stereocenters. The van der Waals surface area contributed by atoms with Crippen LogP contribution in [0.25, 0.3) is 10.2 Å². The molecule has 7 nitrogen and oxygen atoms in total. The molecular weight excluding hydrogens is 465 g/mol. The minimum atomic E-state index is -1.71. The number of allylic oxidation sites excluding steroid dienone is 1. The molecule has 1 atom stereocenters. The molecule has 0 fully saturated rings. The third-order valence-electron chi connectivity index (χ3n) is 4.23. The van der Waals surface area contributed by atoms with Crippen molar-refractivity contribution in [3.8, 4) is 0 Å². The Morgan fingerprint density at radius 2 is 2.03 bits per heavy atom. The normalized spacial score (nSPS) is 11.9. The lowest BCUT2D eigenvalue weighted by Gasteiger charge is -2.15. The van der Waals surface area contributed by atoms with Gasteiger partial charge in [-0.1, -0.05) is 17.8 Å². The van der Waals surface area contributed by atoms with E-state index < -0.39 is 46.7 Å². The van der Waals surface area contributed by atoms with Crippen LogP contribution in [0.3, 0.4) is 0 Å². The van der Waals surface area contributed by atoms with Crippen LogP contribution in [0.5, 0.6) is 0 Å². The Kier molecular flexibility index (Phi) is 7.36. The van der Waals surface area contributed by atoms with Crippen molar-refractivity contribution < 1.29 is 22.8 Å². The maximum atomic E-state index is 13.7. The number of amides is 2. The number of carbonyl (C=O) groups is 2. The van der Waals surface area contributed by atoms with E-state index in [2.05, 4.69) is 22.2 Å². The largest absolute Gasteiger partial charge is 0.346 e. The van der Waals surface area contributed by atoms with Gasteiger partial charge in [-0.05, 0) is 30.5 Å². The number of aromatic nitrogens is 2. The van der Waals surface area contributed by atoms with E-state index >= 15 is 0 Å². The molecule has 0 saturated heterocycles. The second-order valence-corrected chi connectivity index (χ2v) is 8.71. The van der Waals surface area contributed by atoms with Gasteiger partial charge in [0.15, 0.2) is 22.6 Å². The van der Waals surface area contributed by atoms with Gasteiger partial charge < -0.3 is 10.6 Å². The van der Waals surface area contributed by atoms with Gasteiger partial charge in [0.05, 0.1) is 23.0 Å². The molecule has 0 aliphatic rings. The monoisotopic (exact) mass is 482 g/mol. The molecule has 0 spiro atoms. The van der Waals surface area contributed by atoms with Crippen LogP contribution in [0.1, 0.15) is 6.92 Å². The van der Waals surface area contributed by atoms with Crippen LogP contribution in [-0.4, -0.2) is 33.2 Å². The second-order valence-electron chi connectivity index (χ2n) is 6.48. The number of hydrogen-bond donors (Lipinski definition) is 2. The Morgan fingerprint density at radius 1 is 1.28 bits per heavy atom. The number of benzene rings is 1. The highest BCUT2D eigenvalue weighted by molar-refractivity contribution is 8.00. The minimum Gasteiger partial charge on any atom is -0.346 e. The Morgan fingerprint density at radius 3 is 2.75 bits per heavy atom. The van der Waals surface area contributed by atoms with Gasteiger partial charge in [0.2, 0.25) is 11.8 Å². The van der Waals surface area contributed by atoms with Crippen molar-refractivity contribution in [1.29, 1.82) is 0 Å². The fraction of sp³-hybridized carbons (Fsp3) is 0.200. The number of thioether (sulfide) groups is 1. The number of hydrogen-bond acceptors (Lipinski definition) is 6. The van der Waals surface area contributed by atoms with Crippen LogP contribution >= 0.6 is 23.1 Å². The van der Waals surface area contributed by atoms with Crippen molar-refractivity contribution in [2.45, 2.75) is 23.9 Å². The van der Waals surface area contributed by atoms with Gasteiger partial charge in [-0.2, -0.15) is 0 Å². The Labute approximate surface area is 188 Å². The number of halogens is 3.